The molecule has 0 aliphatic heterocycles. The molecule has 1 unspecified atom stereocenters. The lowest BCUT2D eigenvalue weighted by Crippen LogP contribution is -2.38. The van der Waals surface area contributed by atoms with Gasteiger partial charge in [0.2, 0.25) is 0 Å². The molecule has 1 atom stereocenters. The molecule has 3 N–H and O–H groups in total. The average Bonchev–Trinajstić information content (AvgIpc) is 2.31. The number of nitro benzene ring substituents is 1. The molecule has 0 bridgehead atoms. The van der Waals surface area contributed by atoms with Gasteiger partial charge in [0.1, 0.15) is 0 Å². The van der Waals surface area contributed by atoms with Crippen LogP contribution in [0.3, 0.4) is 0 Å². The van der Waals surface area contributed by atoms with Gasteiger partial charge in [0.25, 0.3) is 5.69 Å². The molecule has 0 aliphatic carbocycles. The van der Waals surface area contributed by atoms with E-state index in [2.05, 4.69) is 26.6 Å². The predicted molar refractivity (Wildman–Crippen MR) is 74.2 cm³/mol. The third-order valence-corrected chi connectivity index (χ3v) is 3.04. The van der Waals surface area contributed by atoms with E-state index < -0.39 is 17.0 Å². The van der Waals surface area contributed by atoms with Gasteiger partial charge in [-0.3, -0.25) is 10.1 Å². The molecule has 1 aromatic carbocycles. The number of nitrogens with zero attached hydrogens (tertiary/aromatic N) is 1. The van der Waals surface area contributed by atoms with E-state index in [0.717, 1.165) is 0 Å². The minimum atomic E-state index is -0.541. The number of aliphatic hydroxyl groups excluding tert-OH is 1. The Morgan fingerprint density at radius 2 is 2.21 bits per heavy atom. The van der Waals surface area contributed by atoms with Crippen molar-refractivity contribution in [3.05, 3.63) is 32.3 Å². The number of nitro groups is 1. The highest BCUT2D eigenvalue weighted by molar-refractivity contribution is 9.10. The molecule has 7 nitrogen and oxygen atoms in total. The first kappa shape index (κ1) is 15.4. The van der Waals surface area contributed by atoms with Gasteiger partial charge in [-0.15, -0.1) is 0 Å². The van der Waals surface area contributed by atoms with E-state index in [1.54, 1.807) is 19.9 Å². The highest BCUT2D eigenvalue weighted by Gasteiger charge is 2.16. The van der Waals surface area contributed by atoms with Crippen molar-refractivity contribution in [1.82, 2.24) is 5.32 Å². The Kier molecular flexibility index (Phi) is 5.25. The van der Waals surface area contributed by atoms with Crippen molar-refractivity contribution in [1.29, 1.82) is 0 Å². The van der Waals surface area contributed by atoms with Gasteiger partial charge >= 0.3 is 6.03 Å². The second kappa shape index (κ2) is 6.48. The van der Waals surface area contributed by atoms with Crippen LogP contribution in [-0.2, 0) is 0 Å². The van der Waals surface area contributed by atoms with Gasteiger partial charge in [0, 0.05) is 16.1 Å². The summed E-state index contributed by atoms with van der Waals surface area (Å²) >= 11 is 3.23. The van der Waals surface area contributed by atoms with Crippen LogP contribution < -0.4 is 10.6 Å². The summed E-state index contributed by atoms with van der Waals surface area (Å²) in [6, 6.07) is 1.89. The molecular formula is C11H14BrN3O4. The molecule has 1 aromatic rings. The van der Waals surface area contributed by atoms with Crippen molar-refractivity contribution in [3.8, 4) is 0 Å². The molecule has 0 saturated heterocycles. The van der Waals surface area contributed by atoms with Crippen LogP contribution in [0.1, 0.15) is 12.5 Å². The maximum atomic E-state index is 11.6. The summed E-state index contributed by atoms with van der Waals surface area (Å²) in [6.45, 7) is 3.05. The van der Waals surface area contributed by atoms with Crippen molar-refractivity contribution < 1.29 is 14.8 Å². The van der Waals surface area contributed by atoms with Gasteiger partial charge in [0.05, 0.1) is 23.3 Å². The Labute approximate surface area is 118 Å². The summed E-state index contributed by atoms with van der Waals surface area (Å²) < 4.78 is 0.544. The first-order chi connectivity index (χ1) is 8.85. The molecule has 0 heterocycles. The van der Waals surface area contributed by atoms with E-state index in [9.17, 15) is 14.9 Å². The second-order valence-corrected chi connectivity index (χ2v) is 4.91. The van der Waals surface area contributed by atoms with Crippen LogP contribution in [0.4, 0.5) is 16.2 Å². The number of hydrogen-bond donors (Lipinski definition) is 3. The SMILES string of the molecule is Cc1cc(Br)c(NC(=O)NC(C)CO)cc1[N+](=O)[O-]. The fourth-order valence-corrected chi connectivity index (χ4v) is 1.94. The fourth-order valence-electron chi connectivity index (χ4n) is 1.38. The summed E-state index contributed by atoms with van der Waals surface area (Å²) in [4.78, 5) is 21.9. The van der Waals surface area contributed by atoms with Crippen molar-refractivity contribution >= 4 is 33.3 Å². The van der Waals surface area contributed by atoms with Crippen molar-refractivity contribution in [2.75, 3.05) is 11.9 Å². The minimum absolute atomic E-state index is 0.0753. The largest absolute Gasteiger partial charge is 0.394 e. The number of benzene rings is 1. The van der Waals surface area contributed by atoms with Gasteiger partial charge in [0.15, 0.2) is 0 Å². The molecule has 104 valence electrons. The highest BCUT2D eigenvalue weighted by Crippen LogP contribution is 2.30. The number of nitrogens with one attached hydrogen (secondary N) is 2. The summed E-state index contributed by atoms with van der Waals surface area (Å²) in [6.07, 6.45) is 0. The Morgan fingerprint density at radius 1 is 1.58 bits per heavy atom. The number of rotatable bonds is 4. The van der Waals surface area contributed by atoms with Gasteiger partial charge in [-0.2, -0.15) is 0 Å². The number of carbonyl (C=O) groups excluding carboxylic acids is 1. The Bertz CT molecular complexity index is 507. The molecule has 1 rings (SSSR count). The van der Waals surface area contributed by atoms with Gasteiger partial charge in [-0.05, 0) is 35.8 Å². The quantitative estimate of drug-likeness (QED) is 0.580. The lowest BCUT2D eigenvalue weighted by Gasteiger charge is -2.13. The van der Waals surface area contributed by atoms with E-state index in [4.69, 9.17) is 5.11 Å². The highest BCUT2D eigenvalue weighted by atomic mass is 79.9. The lowest BCUT2D eigenvalue weighted by molar-refractivity contribution is -0.385. The summed E-state index contributed by atoms with van der Waals surface area (Å²) in [5, 5.41) is 24.6. The molecule has 0 aromatic heterocycles. The molecule has 0 radical (unpaired) electrons. The maximum absolute atomic E-state index is 11.6. The summed E-state index contributed by atoms with van der Waals surface area (Å²) in [5.41, 5.74) is 0.709. The molecule has 0 aliphatic rings. The van der Waals surface area contributed by atoms with E-state index >= 15 is 0 Å². The standard InChI is InChI=1S/C11H14BrN3O4/c1-6-3-8(12)9(4-10(6)15(18)19)14-11(17)13-7(2)5-16/h3-4,7,16H,5H2,1-2H3,(H2,13,14,17). The van der Waals surface area contributed by atoms with Crippen LogP contribution >= 0.6 is 15.9 Å². The molecule has 0 fully saturated rings. The Hall–Kier alpha value is -1.67. The minimum Gasteiger partial charge on any atom is -0.394 e. The Balaban J connectivity index is 2.92. The third kappa shape index (κ3) is 4.18. The lowest BCUT2D eigenvalue weighted by atomic mass is 10.2. The van der Waals surface area contributed by atoms with Gasteiger partial charge in [-0.1, -0.05) is 0 Å². The van der Waals surface area contributed by atoms with Crippen LogP contribution in [0.15, 0.2) is 16.6 Å². The zero-order valence-corrected chi connectivity index (χ0v) is 12.0. The Morgan fingerprint density at radius 3 is 2.74 bits per heavy atom. The summed E-state index contributed by atoms with van der Waals surface area (Å²) in [5.74, 6) is 0. The zero-order valence-electron chi connectivity index (χ0n) is 10.4. The second-order valence-electron chi connectivity index (χ2n) is 4.06. The third-order valence-electron chi connectivity index (χ3n) is 2.38. The fraction of sp³-hybridized carbons (Fsp3) is 0.364. The molecule has 2 amide bonds. The van der Waals surface area contributed by atoms with Crippen LogP contribution in [-0.4, -0.2) is 28.7 Å². The van der Waals surface area contributed by atoms with E-state index in [0.29, 0.717) is 15.7 Å². The number of aliphatic hydroxyl groups is 1. The van der Waals surface area contributed by atoms with Crippen LogP contribution in [0.25, 0.3) is 0 Å². The topological polar surface area (TPSA) is 104 Å². The van der Waals surface area contributed by atoms with Gasteiger partial charge < -0.3 is 15.7 Å². The number of urea groups is 1. The number of carbonyl (C=O) groups is 1. The monoisotopic (exact) mass is 331 g/mol. The van der Waals surface area contributed by atoms with Crippen LogP contribution in [0.2, 0.25) is 0 Å². The molecule has 0 spiro atoms. The maximum Gasteiger partial charge on any atom is 0.319 e. The van der Waals surface area contributed by atoms with Crippen LogP contribution in [0.5, 0.6) is 0 Å². The zero-order chi connectivity index (χ0) is 14.6. The van der Waals surface area contributed by atoms with Crippen molar-refractivity contribution in [3.63, 3.8) is 0 Å². The van der Waals surface area contributed by atoms with Crippen LogP contribution in [0, 0.1) is 17.0 Å². The van der Waals surface area contributed by atoms with Gasteiger partial charge in [-0.25, -0.2) is 4.79 Å². The van der Waals surface area contributed by atoms with E-state index in [-0.39, 0.29) is 12.3 Å². The van der Waals surface area contributed by atoms with E-state index in [1.807, 2.05) is 0 Å². The molecule has 19 heavy (non-hydrogen) atoms. The smallest absolute Gasteiger partial charge is 0.319 e. The summed E-state index contributed by atoms with van der Waals surface area (Å²) in [7, 11) is 0. The number of hydrogen-bond acceptors (Lipinski definition) is 4. The predicted octanol–water partition coefficient (Wildman–Crippen LogP) is 2.17. The number of amides is 2. The number of aryl methyl sites for hydroxylation is 1. The van der Waals surface area contributed by atoms with Crippen molar-refractivity contribution in [2.45, 2.75) is 19.9 Å². The first-order valence-electron chi connectivity index (χ1n) is 5.48. The first-order valence-corrected chi connectivity index (χ1v) is 6.27. The average molecular weight is 332 g/mol. The number of halogens is 1. The van der Waals surface area contributed by atoms with E-state index in [1.165, 1.54) is 6.07 Å². The normalized spacial score (nSPS) is 11.8. The molecule has 8 heteroatoms. The molecular weight excluding hydrogens is 318 g/mol. The molecule has 0 saturated carbocycles. The number of anilines is 1. The van der Waals surface area contributed by atoms with Crippen molar-refractivity contribution in [2.24, 2.45) is 0 Å².